The number of nitrogens with one attached hydrogen (secondary N) is 1. The van der Waals surface area contributed by atoms with Crippen LogP contribution in [0.15, 0.2) is 12.3 Å². The lowest BCUT2D eigenvalue weighted by atomic mass is 10.1. The maximum absolute atomic E-state index is 4.58. The lowest BCUT2D eigenvalue weighted by Gasteiger charge is -2.12. The van der Waals surface area contributed by atoms with Crippen LogP contribution in [-0.4, -0.2) is 22.9 Å². The van der Waals surface area contributed by atoms with Gasteiger partial charge in [0.2, 0.25) is 0 Å². The van der Waals surface area contributed by atoms with Crippen molar-refractivity contribution in [1.29, 1.82) is 0 Å². The van der Waals surface area contributed by atoms with Gasteiger partial charge in [-0.25, -0.2) is 0 Å². The molecule has 0 aliphatic heterocycles. The van der Waals surface area contributed by atoms with Crippen LogP contribution >= 0.6 is 0 Å². The van der Waals surface area contributed by atoms with E-state index in [0.717, 1.165) is 25.4 Å². The van der Waals surface area contributed by atoms with Gasteiger partial charge >= 0.3 is 0 Å². The largest absolute Gasteiger partial charge is 0.316 e. The van der Waals surface area contributed by atoms with Crippen molar-refractivity contribution in [3.05, 3.63) is 18.0 Å². The molecule has 1 unspecified atom stereocenters. The molecule has 1 aromatic heterocycles. The Morgan fingerprint density at radius 3 is 2.41 bits per heavy atom. The van der Waals surface area contributed by atoms with Crippen LogP contribution in [0.25, 0.3) is 0 Å². The van der Waals surface area contributed by atoms with E-state index in [0.29, 0.717) is 12.0 Å². The maximum Gasteiger partial charge on any atom is 0.0627 e. The van der Waals surface area contributed by atoms with Crippen molar-refractivity contribution in [1.82, 2.24) is 15.1 Å². The predicted octanol–water partition coefficient (Wildman–Crippen LogP) is 2.89. The first-order valence-electron chi connectivity index (χ1n) is 6.73. The SMILES string of the molecule is CC(C)CNCC(C)Cc1ccn(C(C)C)n1. The molecule has 0 aromatic carbocycles. The van der Waals surface area contributed by atoms with Gasteiger partial charge < -0.3 is 5.32 Å². The molecule has 17 heavy (non-hydrogen) atoms. The van der Waals surface area contributed by atoms with Gasteiger partial charge in [0.1, 0.15) is 0 Å². The molecular weight excluding hydrogens is 210 g/mol. The molecule has 0 amide bonds. The zero-order valence-corrected chi connectivity index (χ0v) is 11.9. The minimum atomic E-state index is 0.457. The zero-order chi connectivity index (χ0) is 12.8. The highest BCUT2D eigenvalue weighted by Gasteiger charge is 2.07. The first kappa shape index (κ1) is 14.2. The van der Waals surface area contributed by atoms with Crippen LogP contribution in [0.5, 0.6) is 0 Å². The molecule has 0 spiro atoms. The Kier molecular flexibility index (Phi) is 5.69. The number of aromatic nitrogens is 2. The summed E-state index contributed by atoms with van der Waals surface area (Å²) < 4.78 is 2.03. The van der Waals surface area contributed by atoms with E-state index in [2.05, 4.69) is 57.3 Å². The summed E-state index contributed by atoms with van der Waals surface area (Å²) in [5.74, 6) is 1.37. The summed E-state index contributed by atoms with van der Waals surface area (Å²) in [6.45, 7) is 13.2. The number of hydrogen-bond donors (Lipinski definition) is 1. The second-order valence-electron chi connectivity index (χ2n) is 5.74. The van der Waals surface area contributed by atoms with E-state index in [1.54, 1.807) is 0 Å². The summed E-state index contributed by atoms with van der Waals surface area (Å²) in [4.78, 5) is 0. The molecule has 1 heterocycles. The smallest absolute Gasteiger partial charge is 0.0627 e. The third-order valence-electron chi connectivity index (χ3n) is 2.80. The third-order valence-corrected chi connectivity index (χ3v) is 2.80. The van der Waals surface area contributed by atoms with Crippen LogP contribution in [0, 0.1) is 11.8 Å². The molecule has 1 rings (SSSR count). The first-order valence-corrected chi connectivity index (χ1v) is 6.73. The van der Waals surface area contributed by atoms with Crippen molar-refractivity contribution in [2.45, 2.75) is 47.1 Å². The van der Waals surface area contributed by atoms with Gasteiger partial charge in [-0.2, -0.15) is 5.10 Å². The molecule has 0 aliphatic rings. The summed E-state index contributed by atoms with van der Waals surface area (Å²) in [5, 5.41) is 8.08. The molecule has 0 radical (unpaired) electrons. The van der Waals surface area contributed by atoms with Crippen molar-refractivity contribution < 1.29 is 0 Å². The van der Waals surface area contributed by atoms with Crippen LogP contribution in [0.4, 0.5) is 0 Å². The fourth-order valence-corrected chi connectivity index (χ4v) is 1.82. The molecule has 0 fully saturated rings. The van der Waals surface area contributed by atoms with Crippen LogP contribution in [0.2, 0.25) is 0 Å². The number of nitrogens with zero attached hydrogens (tertiary/aromatic N) is 2. The molecular formula is C14H27N3. The fraction of sp³-hybridized carbons (Fsp3) is 0.786. The second-order valence-corrected chi connectivity index (χ2v) is 5.74. The molecule has 1 N–H and O–H groups in total. The molecule has 1 atom stereocenters. The fourth-order valence-electron chi connectivity index (χ4n) is 1.82. The second kappa shape index (κ2) is 6.80. The molecule has 0 saturated heterocycles. The van der Waals surface area contributed by atoms with E-state index in [1.165, 1.54) is 5.69 Å². The highest BCUT2D eigenvalue weighted by atomic mass is 15.3. The topological polar surface area (TPSA) is 29.9 Å². The van der Waals surface area contributed by atoms with Crippen molar-refractivity contribution in [3.8, 4) is 0 Å². The predicted molar refractivity (Wildman–Crippen MR) is 73.2 cm³/mol. The summed E-state index contributed by atoms with van der Waals surface area (Å²) in [6.07, 6.45) is 3.14. The van der Waals surface area contributed by atoms with Crippen molar-refractivity contribution in [2.24, 2.45) is 11.8 Å². The Morgan fingerprint density at radius 2 is 1.88 bits per heavy atom. The van der Waals surface area contributed by atoms with E-state index in [1.807, 2.05) is 4.68 Å². The van der Waals surface area contributed by atoms with E-state index in [-0.39, 0.29) is 0 Å². The molecule has 0 bridgehead atoms. The Bertz CT molecular complexity index is 315. The van der Waals surface area contributed by atoms with E-state index >= 15 is 0 Å². The third kappa shape index (κ3) is 5.35. The Hall–Kier alpha value is -0.830. The van der Waals surface area contributed by atoms with Crippen LogP contribution in [-0.2, 0) is 6.42 Å². The van der Waals surface area contributed by atoms with E-state index in [4.69, 9.17) is 0 Å². The number of hydrogen-bond acceptors (Lipinski definition) is 2. The van der Waals surface area contributed by atoms with Crippen LogP contribution in [0.3, 0.4) is 0 Å². The Labute approximate surface area is 106 Å². The molecule has 98 valence electrons. The average Bonchev–Trinajstić information content (AvgIpc) is 2.65. The molecule has 3 nitrogen and oxygen atoms in total. The first-order chi connectivity index (χ1) is 7.99. The van der Waals surface area contributed by atoms with Crippen molar-refractivity contribution in [3.63, 3.8) is 0 Å². The molecule has 3 heteroatoms. The molecule has 0 saturated carbocycles. The van der Waals surface area contributed by atoms with Crippen LogP contribution in [0.1, 0.15) is 46.4 Å². The molecule has 0 aliphatic carbocycles. The minimum absolute atomic E-state index is 0.457. The number of rotatable bonds is 7. The summed E-state index contributed by atoms with van der Waals surface area (Å²) in [5.41, 5.74) is 1.21. The monoisotopic (exact) mass is 237 g/mol. The van der Waals surface area contributed by atoms with Gasteiger partial charge in [-0.1, -0.05) is 20.8 Å². The zero-order valence-electron chi connectivity index (χ0n) is 11.9. The van der Waals surface area contributed by atoms with Gasteiger partial charge in [-0.3, -0.25) is 4.68 Å². The summed E-state index contributed by atoms with van der Waals surface area (Å²) >= 11 is 0. The lowest BCUT2D eigenvalue weighted by Crippen LogP contribution is -2.26. The highest BCUT2D eigenvalue weighted by molar-refractivity contribution is 5.00. The van der Waals surface area contributed by atoms with Gasteiger partial charge in [0, 0.05) is 12.2 Å². The van der Waals surface area contributed by atoms with E-state index in [9.17, 15) is 0 Å². The Morgan fingerprint density at radius 1 is 1.18 bits per heavy atom. The standard InChI is InChI=1S/C14H27N3/c1-11(2)9-15-10-13(5)8-14-6-7-17(16-14)12(3)4/h6-7,11-13,15H,8-10H2,1-5H3. The van der Waals surface area contributed by atoms with Gasteiger partial charge in [0.15, 0.2) is 0 Å². The maximum atomic E-state index is 4.58. The summed E-state index contributed by atoms with van der Waals surface area (Å²) in [7, 11) is 0. The summed E-state index contributed by atoms with van der Waals surface area (Å²) in [6, 6.07) is 2.59. The van der Waals surface area contributed by atoms with Crippen molar-refractivity contribution in [2.75, 3.05) is 13.1 Å². The van der Waals surface area contributed by atoms with Gasteiger partial charge in [-0.15, -0.1) is 0 Å². The highest BCUT2D eigenvalue weighted by Crippen LogP contribution is 2.08. The van der Waals surface area contributed by atoms with Crippen molar-refractivity contribution >= 4 is 0 Å². The van der Waals surface area contributed by atoms with Gasteiger partial charge in [0.05, 0.1) is 5.69 Å². The normalized spacial score (nSPS) is 13.6. The van der Waals surface area contributed by atoms with Gasteiger partial charge in [-0.05, 0) is 51.3 Å². The molecule has 1 aromatic rings. The quantitative estimate of drug-likeness (QED) is 0.790. The van der Waals surface area contributed by atoms with Crippen LogP contribution < -0.4 is 5.32 Å². The van der Waals surface area contributed by atoms with Gasteiger partial charge in [0.25, 0.3) is 0 Å². The lowest BCUT2D eigenvalue weighted by molar-refractivity contribution is 0.464. The average molecular weight is 237 g/mol. The van der Waals surface area contributed by atoms with E-state index < -0.39 is 0 Å². The minimum Gasteiger partial charge on any atom is -0.316 e. The Balaban J connectivity index is 2.32.